The minimum Gasteiger partial charge on any atom is -0.429 e. The molecule has 0 spiro atoms. The molecule has 1 aromatic rings. The molecule has 0 fully saturated rings. The second-order valence-electron chi connectivity index (χ2n) is 2.78. The summed E-state index contributed by atoms with van der Waals surface area (Å²) in [6.07, 6.45) is -1.36. The maximum atomic E-state index is 11.0. The monoisotopic (exact) mass is 196 g/mol. The number of hydrogen-bond donors (Lipinski definition) is 1. The Hall–Kier alpha value is -1.55. The van der Waals surface area contributed by atoms with Gasteiger partial charge >= 0.3 is 6.16 Å². The third-order valence-electron chi connectivity index (χ3n) is 1.50. The molecule has 1 atom stereocenters. The largest absolute Gasteiger partial charge is 0.514 e. The van der Waals surface area contributed by atoms with Gasteiger partial charge in [0.1, 0.15) is 11.9 Å². The van der Waals surface area contributed by atoms with E-state index in [2.05, 4.69) is 0 Å². The van der Waals surface area contributed by atoms with E-state index in [1.807, 2.05) is 6.07 Å². The Bertz CT molecular complexity index is 283. The van der Waals surface area contributed by atoms with Crippen molar-refractivity contribution in [3.05, 3.63) is 30.3 Å². The average molecular weight is 196 g/mol. The van der Waals surface area contributed by atoms with E-state index in [-0.39, 0.29) is 6.61 Å². The molecule has 1 unspecified atom stereocenters. The van der Waals surface area contributed by atoms with Crippen molar-refractivity contribution in [3.8, 4) is 5.75 Å². The Morgan fingerprint density at radius 2 is 2.07 bits per heavy atom. The molecule has 0 aliphatic rings. The van der Waals surface area contributed by atoms with Gasteiger partial charge in [-0.05, 0) is 19.1 Å². The molecule has 0 saturated carbocycles. The first kappa shape index (κ1) is 10.5. The molecule has 0 heterocycles. The minimum absolute atomic E-state index is 0.218. The van der Waals surface area contributed by atoms with Crippen LogP contribution in [0.4, 0.5) is 4.79 Å². The zero-order chi connectivity index (χ0) is 10.4. The number of benzene rings is 1. The number of carbonyl (C=O) groups excluding carboxylic acids is 1. The van der Waals surface area contributed by atoms with Crippen molar-refractivity contribution < 1.29 is 19.4 Å². The Morgan fingerprint density at radius 3 is 2.64 bits per heavy atom. The van der Waals surface area contributed by atoms with Gasteiger partial charge in [0.05, 0.1) is 6.61 Å². The van der Waals surface area contributed by atoms with Crippen LogP contribution >= 0.6 is 0 Å². The summed E-state index contributed by atoms with van der Waals surface area (Å²) in [6.45, 7) is 1.36. The maximum Gasteiger partial charge on any atom is 0.514 e. The summed E-state index contributed by atoms with van der Waals surface area (Å²) < 4.78 is 9.51. The summed E-state index contributed by atoms with van der Waals surface area (Å²) in [5.74, 6) is 0.419. The van der Waals surface area contributed by atoms with Crippen molar-refractivity contribution in [2.45, 2.75) is 13.0 Å². The summed E-state index contributed by atoms with van der Waals surface area (Å²) in [5.41, 5.74) is 0. The van der Waals surface area contributed by atoms with Crippen LogP contribution in [0.15, 0.2) is 30.3 Å². The summed E-state index contributed by atoms with van der Waals surface area (Å²) in [4.78, 5) is 11.0. The summed E-state index contributed by atoms with van der Waals surface area (Å²) >= 11 is 0. The molecule has 0 amide bonds. The van der Waals surface area contributed by atoms with Gasteiger partial charge in [0.2, 0.25) is 0 Å². The van der Waals surface area contributed by atoms with Gasteiger partial charge < -0.3 is 14.6 Å². The standard InChI is InChI=1S/C10H12O4/c1-8(7-11)13-10(12)14-9-5-3-2-4-6-9/h2-6,8,11H,7H2,1H3. The zero-order valence-electron chi connectivity index (χ0n) is 7.84. The second-order valence-corrected chi connectivity index (χ2v) is 2.78. The molecule has 0 saturated heterocycles. The van der Waals surface area contributed by atoms with Gasteiger partial charge in [-0.1, -0.05) is 18.2 Å². The van der Waals surface area contributed by atoms with E-state index in [0.717, 1.165) is 0 Å². The molecule has 4 nitrogen and oxygen atoms in total. The zero-order valence-corrected chi connectivity index (χ0v) is 7.84. The van der Waals surface area contributed by atoms with Crippen molar-refractivity contribution in [2.75, 3.05) is 6.61 Å². The Kier molecular flexibility index (Phi) is 3.94. The van der Waals surface area contributed by atoms with E-state index in [1.165, 1.54) is 0 Å². The van der Waals surface area contributed by atoms with Crippen molar-refractivity contribution in [1.29, 1.82) is 0 Å². The van der Waals surface area contributed by atoms with Gasteiger partial charge in [0.15, 0.2) is 0 Å². The van der Waals surface area contributed by atoms with Gasteiger partial charge in [-0.2, -0.15) is 0 Å². The molecule has 1 rings (SSSR count). The van der Waals surface area contributed by atoms with Crippen LogP contribution in [-0.4, -0.2) is 24.0 Å². The highest BCUT2D eigenvalue weighted by Crippen LogP contribution is 2.09. The highest BCUT2D eigenvalue weighted by atomic mass is 16.7. The van der Waals surface area contributed by atoms with Gasteiger partial charge in [0.25, 0.3) is 0 Å². The highest BCUT2D eigenvalue weighted by molar-refractivity contribution is 5.63. The second kappa shape index (κ2) is 5.24. The molecule has 0 radical (unpaired) electrons. The highest BCUT2D eigenvalue weighted by Gasteiger charge is 2.09. The number of aliphatic hydroxyl groups excluding tert-OH is 1. The van der Waals surface area contributed by atoms with Crippen LogP contribution in [0.2, 0.25) is 0 Å². The first-order chi connectivity index (χ1) is 6.72. The fraction of sp³-hybridized carbons (Fsp3) is 0.300. The summed E-state index contributed by atoms with van der Waals surface area (Å²) in [6, 6.07) is 8.60. The van der Waals surface area contributed by atoms with E-state index in [9.17, 15) is 4.79 Å². The maximum absolute atomic E-state index is 11.0. The first-order valence-electron chi connectivity index (χ1n) is 4.26. The summed E-state index contributed by atoms with van der Waals surface area (Å²) in [7, 11) is 0. The van der Waals surface area contributed by atoms with Crippen LogP contribution in [0, 0.1) is 0 Å². The number of carbonyl (C=O) groups is 1. The quantitative estimate of drug-likeness (QED) is 0.589. The molecule has 1 aromatic carbocycles. The molecule has 0 bridgehead atoms. The Morgan fingerprint density at radius 1 is 1.43 bits per heavy atom. The Balaban J connectivity index is 2.42. The predicted molar refractivity (Wildman–Crippen MR) is 50.1 cm³/mol. The topological polar surface area (TPSA) is 55.8 Å². The number of aliphatic hydroxyl groups is 1. The van der Waals surface area contributed by atoms with E-state index >= 15 is 0 Å². The van der Waals surface area contributed by atoms with Crippen LogP contribution < -0.4 is 4.74 Å². The fourth-order valence-corrected chi connectivity index (χ4v) is 0.810. The van der Waals surface area contributed by atoms with Gasteiger partial charge in [-0.25, -0.2) is 4.79 Å². The lowest BCUT2D eigenvalue weighted by molar-refractivity contribution is 0.0381. The molecule has 0 aliphatic carbocycles. The molecule has 14 heavy (non-hydrogen) atoms. The first-order valence-corrected chi connectivity index (χ1v) is 4.26. The Labute approximate surface area is 82.1 Å². The van der Waals surface area contributed by atoms with Crippen molar-refractivity contribution >= 4 is 6.16 Å². The van der Waals surface area contributed by atoms with Gasteiger partial charge in [0, 0.05) is 0 Å². The van der Waals surface area contributed by atoms with E-state index in [1.54, 1.807) is 31.2 Å². The predicted octanol–water partition coefficient (Wildman–Crippen LogP) is 1.58. The molecule has 76 valence electrons. The SMILES string of the molecule is CC(CO)OC(=O)Oc1ccccc1. The van der Waals surface area contributed by atoms with E-state index < -0.39 is 12.3 Å². The molecular formula is C10H12O4. The lowest BCUT2D eigenvalue weighted by atomic mass is 10.3. The number of para-hydroxylation sites is 1. The van der Waals surface area contributed by atoms with Gasteiger partial charge in [-0.3, -0.25) is 0 Å². The molecule has 1 N–H and O–H groups in total. The average Bonchev–Trinajstić information content (AvgIpc) is 2.19. The summed E-state index contributed by atoms with van der Waals surface area (Å²) in [5, 5.41) is 8.62. The number of rotatable bonds is 3. The van der Waals surface area contributed by atoms with Gasteiger partial charge in [-0.15, -0.1) is 0 Å². The molecular weight excluding hydrogens is 184 g/mol. The smallest absolute Gasteiger partial charge is 0.429 e. The lowest BCUT2D eigenvalue weighted by Crippen LogP contribution is -2.20. The van der Waals surface area contributed by atoms with Crippen LogP contribution in [0.5, 0.6) is 5.75 Å². The normalized spacial score (nSPS) is 11.9. The van der Waals surface area contributed by atoms with Crippen LogP contribution in [0.3, 0.4) is 0 Å². The molecule has 0 aromatic heterocycles. The number of ether oxygens (including phenoxy) is 2. The third-order valence-corrected chi connectivity index (χ3v) is 1.50. The fourth-order valence-electron chi connectivity index (χ4n) is 0.810. The molecule has 4 heteroatoms. The third kappa shape index (κ3) is 3.45. The minimum atomic E-state index is -0.808. The lowest BCUT2D eigenvalue weighted by Gasteiger charge is -2.09. The number of hydrogen-bond acceptors (Lipinski definition) is 4. The van der Waals surface area contributed by atoms with Crippen molar-refractivity contribution in [2.24, 2.45) is 0 Å². The molecule has 0 aliphatic heterocycles. The van der Waals surface area contributed by atoms with E-state index in [0.29, 0.717) is 5.75 Å². The van der Waals surface area contributed by atoms with Crippen molar-refractivity contribution in [3.63, 3.8) is 0 Å². The van der Waals surface area contributed by atoms with Crippen LogP contribution in [0.25, 0.3) is 0 Å². The van der Waals surface area contributed by atoms with Crippen molar-refractivity contribution in [1.82, 2.24) is 0 Å². The van der Waals surface area contributed by atoms with Crippen LogP contribution in [0.1, 0.15) is 6.92 Å². The van der Waals surface area contributed by atoms with Crippen LogP contribution in [-0.2, 0) is 4.74 Å². The van der Waals surface area contributed by atoms with E-state index in [4.69, 9.17) is 14.6 Å².